The van der Waals surface area contributed by atoms with E-state index in [0.717, 1.165) is 56.2 Å². The second-order valence-corrected chi connectivity index (χ2v) is 6.91. The van der Waals surface area contributed by atoms with Gasteiger partial charge >= 0.3 is 0 Å². The van der Waals surface area contributed by atoms with Crippen LogP contribution in [0, 0.1) is 6.92 Å². The summed E-state index contributed by atoms with van der Waals surface area (Å²) in [7, 11) is 1.63. The number of carbonyl (C=O) groups is 1. The highest BCUT2D eigenvalue weighted by Gasteiger charge is 2.22. The minimum atomic E-state index is 0.107. The van der Waals surface area contributed by atoms with Crippen molar-refractivity contribution >= 4 is 17.2 Å². The molecule has 3 rings (SSSR count). The van der Waals surface area contributed by atoms with Crippen molar-refractivity contribution < 1.29 is 9.53 Å². The number of aromatic nitrogens is 1. The highest BCUT2D eigenvalue weighted by Crippen LogP contribution is 2.16. The zero-order chi connectivity index (χ0) is 16.9. The van der Waals surface area contributed by atoms with Crippen LogP contribution in [0.1, 0.15) is 20.9 Å². The molecule has 1 aromatic heterocycles. The number of nitrogens with zero attached hydrogens (tertiary/aromatic N) is 3. The van der Waals surface area contributed by atoms with E-state index in [0.29, 0.717) is 0 Å². The Balaban J connectivity index is 1.49. The molecule has 24 heavy (non-hydrogen) atoms. The Hall–Kier alpha value is -1.92. The summed E-state index contributed by atoms with van der Waals surface area (Å²) in [5, 5.41) is 0. The predicted molar refractivity (Wildman–Crippen MR) is 95.9 cm³/mol. The number of carbonyl (C=O) groups excluding carboxylic acids is 1. The molecule has 0 spiro atoms. The maximum atomic E-state index is 12.6. The molecule has 2 heterocycles. The molecule has 0 radical (unpaired) electrons. The molecule has 128 valence electrons. The van der Waals surface area contributed by atoms with Gasteiger partial charge in [0, 0.05) is 43.2 Å². The molecule has 5 nitrogen and oxygen atoms in total. The van der Waals surface area contributed by atoms with Gasteiger partial charge in [-0.3, -0.25) is 9.69 Å². The minimum absolute atomic E-state index is 0.107. The number of hydrogen-bond donors (Lipinski definition) is 0. The summed E-state index contributed by atoms with van der Waals surface area (Å²) < 4.78 is 5.14. The highest BCUT2D eigenvalue weighted by molar-refractivity contribution is 7.09. The molecular weight excluding hydrogens is 322 g/mol. The number of amides is 1. The van der Waals surface area contributed by atoms with Gasteiger partial charge < -0.3 is 9.64 Å². The van der Waals surface area contributed by atoms with Gasteiger partial charge in [-0.15, -0.1) is 11.3 Å². The Morgan fingerprint density at radius 3 is 2.50 bits per heavy atom. The fourth-order valence-corrected chi connectivity index (χ4v) is 3.69. The highest BCUT2D eigenvalue weighted by atomic mass is 32.1. The van der Waals surface area contributed by atoms with Crippen LogP contribution in [0.15, 0.2) is 29.8 Å². The predicted octanol–water partition coefficient (Wildman–Crippen LogP) is 2.46. The Kier molecular flexibility index (Phi) is 5.48. The van der Waals surface area contributed by atoms with Crippen LogP contribution in [0.5, 0.6) is 5.75 Å². The maximum absolute atomic E-state index is 12.6. The van der Waals surface area contributed by atoms with Gasteiger partial charge in [-0.05, 0) is 37.6 Å². The average Bonchev–Trinajstić information content (AvgIpc) is 3.05. The molecule has 0 atom stereocenters. The van der Waals surface area contributed by atoms with Crippen molar-refractivity contribution in [3.8, 4) is 5.75 Å². The third-order valence-electron chi connectivity index (χ3n) is 4.50. The number of piperazine rings is 1. The standard InChI is InChI=1S/C18H23N3O2S/c1-14-17(24-13-19-14)7-8-20-9-11-21(12-10-20)18(22)15-3-5-16(23-2)6-4-15/h3-6,13H,7-12H2,1-2H3. The molecule has 1 aliphatic heterocycles. The number of thiazole rings is 1. The minimum Gasteiger partial charge on any atom is -0.497 e. The molecule has 0 bridgehead atoms. The van der Waals surface area contributed by atoms with E-state index in [9.17, 15) is 4.79 Å². The van der Waals surface area contributed by atoms with Crippen LogP contribution in [0.3, 0.4) is 0 Å². The van der Waals surface area contributed by atoms with E-state index in [4.69, 9.17) is 4.74 Å². The van der Waals surface area contributed by atoms with Crippen molar-refractivity contribution in [1.29, 1.82) is 0 Å². The van der Waals surface area contributed by atoms with E-state index in [2.05, 4.69) is 16.8 Å². The van der Waals surface area contributed by atoms with Crippen molar-refractivity contribution in [2.24, 2.45) is 0 Å². The smallest absolute Gasteiger partial charge is 0.253 e. The number of methoxy groups -OCH3 is 1. The molecule has 2 aromatic rings. The van der Waals surface area contributed by atoms with Crippen LogP contribution < -0.4 is 4.74 Å². The van der Waals surface area contributed by atoms with Gasteiger partial charge in [-0.2, -0.15) is 0 Å². The second-order valence-electron chi connectivity index (χ2n) is 5.97. The third-order valence-corrected chi connectivity index (χ3v) is 5.49. The number of hydrogen-bond acceptors (Lipinski definition) is 5. The largest absolute Gasteiger partial charge is 0.497 e. The van der Waals surface area contributed by atoms with Crippen molar-refractivity contribution in [2.45, 2.75) is 13.3 Å². The van der Waals surface area contributed by atoms with Crippen molar-refractivity contribution in [1.82, 2.24) is 14.8 Å². The summed E-state index contributed by atoms with van der Waals surface area (Å²) in [6.45, 7) is 6.53. The van der Waals surface area contributed by atoms with Gasteiger partial charge in [0.25, 0.3) is 5.91 Å². The lowest BCUT2D eigenvalue weighted by Crippen LogP contribution is -2.49. The van der Waals surface area contributed by atoms with Gasteiger partial charge in [-0.25, -0.2) is 4.98 Å². The van der Waals surface area contributed by atoms with Gasteiger partial charge in [-0.1, -0.05) is 0 Å². The Labute approximate surface area is 146 Å². The van der Waals surface area contributed by atoms with E-state index in [1.807, 2.05) is 34.7 Å². The van der Waals surface area contributed by atoms with Crippen LogP contribution in [0.25, 0.3) is 0 Å². The molecule has 0 aliphatic carbocycles. The van der Waals surface area contributed by atoms with Crippen LogP contribution in [0.2, 0.25) is 0 Å². The summed E-state index contributed by atoms with van der Waals surface area (Å²) in [4.78, 5) is 22.6. The molecule has 1 saturated heterocycles. The Morgan fingerprint density at radius 1 is 1.21 bits per heavy atom. The summed E-state index contributed by atoms with van der Waals surface area (Å²) in [6, 6.07) is 7.34. The monoisotopic (exact) mass is 345 g/mol. The Morgan fingerprint density at radius 2 is 1.92 bits per heavy atom. The zero-order valence-electron chi connectivity index (χ0n) is 14.2. The summed E-state index contributed by atoms with van der Waals surface area (Å²) in [5.74, 6) is 0.880. The lowest BCUT2D eigenvalue weighted by Gasteiger charge is -2.34. The molecule has 1 aromatic carbocycles. The first-order valence-corrected chi connectivity index (χ1v) is 9.10. The molecular formula is C18H23N3O2S. The molecule has 1 fully saturated rings. The summed E-state index contributed by atoms with van der Waals surface area (Å²) >= 11 is 1.73. The molecule has 0 N–H and O–H groups in total. The number of rotatable bonds is 5. The van der Waals surface area contributed by atoms with Crippen molar-refractivity contribution in [3.05, 3.63) is 45.9 Å². The Bertz CT molecular complexity index is 676. The second kappa shape index (κ2) is 7.77. The van der Waals surface area contributed by atoms with Crippen LogP contribution in [-0.4, -0.2) is 60.5 Å². The molecule has 1 amide bonds. The normalized spacial score (nSPS) is 15.5. The first kappa shape index (κ1) is 16.9. The van der Waals surface area contributed by atoms with E-state index < -0.39 is 0 Å². The first-order chi connectivity index (χ1) is 11.7. The van der Waals surface area contributed by atoms with E-state index >= 15 is 0 Å². The molecule has 0 unspecified atom stereocenters. The van der Waals surface area contributed by atoms with Gasteiger partial charge in [0.15, 0.2) is 0 Å². The first-order valence-electron chi connectivity index (χ1n) is 8.22. The van der Waals surface area contributed by atoms with Gasteiger partial charge in [0.05, 0.1) is 18.3 Å². The summed E-state index contributed by atoms with van der Waals surface area (Å²) in [5.41, 5.74) is 3.79. The topological polar surface area (TPSA) is 45.7 Å². The molecule has 1 aliphatic rings. The van der Waals surface area contributed by atoms with Gasteiger partial charge in [0.1, 0.15) is 5.75 Å². The van der Waals surface area contributed by atoms with E-state index in [-0.39, 0.29) is 5.91 Å². The van der Waals surface area contributed by atoms with Crippen LogP contribution in [-0.2, 0) is 6.42 Å². The van der Waals surface area contributed by atoms with E-state index in [1.54, 1.807) is 18.4 Å². The van der Waals surface area contributed by atoms with Crippen molar-refractivity contribution in [3.63, 3.8) is 0 Å². The quantitative estimate of drug-likeness (QED) is 0.835. The number of ether oxygens (including phenoxy) is 1. The average molecular weight is 345 g/mol. The maximum Gasteiger partial charge on any atom is 0.253 e. The lowest BCUT2D eigenvalue weighted by molar-refractivity contribution is 0.0638. The zero-order valence-corrected chi connectivity index (χ0v) is 15.0. The molecule has 6 heteroatoms. The van der Waals surface area contributed by atoms with Crippen LogP contribution in [0.4, 0.5) is 0 Å². The SMILES string of the molecule is COc1ccc(C(=O)N2CCN(CCc3scnc3C)CC2)cc1. The lowest BCUT2D eigenvalue weighted by atomic mass is 10.1. The number of aryl methyl sites for hydroxylation is 1. The van der Waals surface area contributed by atoms with Gasteiger partial charge in [0.2, 0.25) is 0 Å². The third kappa shape index (κ3) is 3.94. The fraction of sp³-hybridized carbons (Fsp3) is 0.444. The number of benzene rings is 1. The van der Waals surface area contributed by atoms with E-state index in [1.165, 1.54) is 4.88 Å². The molecule has 0 saturated carbocycles. The van der Waals surface area contributed by atoms with Crippen LogP contribution >= 0.6 is 11.3 Å². The fourth-order valence-electron chi connectivity index (χ4n) is 2.92. The summed E-state index contributed by atoms with van der Waals surface area (Å²) in [6.07, 6.45) is 1.04. The van der Waals surface area contributed by atoms with Crippen molar-refractivity contribution in [2.75, 3.05) is 39.8 Å².